The molecule has 0 aliphatic carbocycles. The largest absolute Gasteiger partial charge is 0.376 e. The van der Waals surface area contributed by atoms with Gasteiger partial charge in [-0.2, -0.15) is 0 Å². The van der Waals surface area contributed by atoms with Crippen LogP contribution in [0.3, 0.4) is 0 Å². The molecule has 2 rings (SSSR count). The van der Waals surface area contributed by atoms with Crippen molar-refractivity contribution in [2.45, 2.75) is 17.9 Å². The molecule has 1 aromatic rings. The first-order chi connectivity index (χ1) is 7.18. The summed E-state index contributed by atoms with van der Waals surface area (Å²) >= 11 is 9.04. The van der Waals surface area contributed by atoms with Gasteiger partial charge in [-0.25, -0.2) is 0 Å². The van der Waals surface area contributed by atoms with Crippen LogP contribution in [0.2, 0.25) is 0 Å². The van der Waals surface area contributed by atoms with Crippen molar-refractivity contribution in [3.05, 3.63) is 20.3 Å². The van der Waals surface area contributed by atoms with E-state index in [9.17, 15) is 0 Å². The van der Waals surface area contributed by atoms with Gasteiger partial charge in [-0.1, -0.05) is 15.9 Å². The summed E-state index contributed by atoms with van der Waals surface area (Å²) < 4.78 is 12.2. The first-order valence-corrected chi connectivity index (χ1v) is 7.30. The Balaban J connectivity index is 2.12. The Labute approximate surface area is 110 Å². The van der Waals surface area contributed by atoms with E-state index in [4.69, 9.17) is 9.47 Å². The van der Waals surface area contributed by atoms with E-state index in [-0.39, 0.29) is 10.9 Å². The van der Waals surface area contributed by atoms with Crippen molar-refractivity contribution in [3.63, 3.8) is 0 Å². The summed E-state index contributed by atoms with van der Waals surface area (Å²) in [6.07, 6.45) is 0.119. The molecular weight excluding hydrogens is 344 g/mol. The summed E-state index contributed by atoms with van der Waals surface area (Å²) in [7, 11) is 0. The Morgan fingerprint density at radius 2 is 2.33 bits per heavy atom. The highest BCUT2D eigenvalue weighted by molar-refractivity contribution is 9.11. The standard InChI is InChI=1S/C10H12Br2O2S/c1-6-4-7(11)10(15-6)9(12)8-5-13-2-3-14-8/h4,8-9H,2-3,5H2,1H3. The zero-order valence-corrected chi connectivity index (χ0v) is 12.3. The fourth-order valence-corrected chi connectivity index (χ4v) is 4.60. The maximum atomic E-state index is 5.67. The third kappa shape index (κ3) is 2.82. The van der Waals surface area contributed by atoms with Crippen molar-refractivity contribution in [1.29, 1.82) is 0 Å². The van der Waals surface area contributed by atoms with Crippen molar-refractivity contribution in [2.24, 2.45) is 0 Å². The molecule has 2 heterocycles. The molecule has 0 saturated carbocycles. The molecule has 1 aromatic heterocycles. The number of alkyl halides is 1. The minimum atomic E-state index is 0.119. The van der Waals surface area contributed by atoms with Crippen LogP contribution < -0.4 is 0 Å². The molecule has 0 spiro atoms. The Hall–Kier alpha value is 0.580. The quantitative estimate of drug-likeness (QED) is 0.753. The molecule has 5 heteroatoms. The summed E-state index contributed by atoms with van der Waals surface area (Å²) in [5.74, 6) is 0. The number of thiophene rings is 1. The Kier molecular flexibility index (Phi) is 4.24. The fraction of sp³-hybridized carbons (Fsp3) is 0.600. The van der Waals surface area contributed by atoms with Gasteiger partial charge in [-0.15, -0.1) is 11.3 Å². The molecule has 0 N–H and O–H groups in total. The van der Waals surface area contributed by atoms with Crippen molar-refractivity contribution in [1.82, 2.24) is 0 Å². The predicted molar refractivity (Wildman–Crippen MR) is 69.0 cm³/mol. The van der Waals surface area contributed by atoms with Crippen molar-refractivity contribution < 1.29 is 9.47 Å². The SMILES string of the molecule is Cc1cc(Br)c(C(Br)C2COCCO2)s1. The van der Waals surface area contributed by atoms with Gasteiger partial charge in [0.25, 0.3) is 0 Å². The van der Waals surface area contributed by atoms with Crippen LogP contribution >= 0.6 is 43.2 Å². The van der Waals surface area contributed by atoms with Gasteiger partial charge in [-0.05, 0) is 28.9 Å². The number of ether oxygens (including phenoxy) is 2. The van der Waals surface area contributed by atoms with Crippen LogP contribution in [-0.4, -0.2) is 25.9 Å². The second kappa shape index (κ2) is 5.27. The van der Waals surface area contributed by atoms with Crippen LogP contribution in [0.1, 0.15) is 14.6 Å². The van der Waals surface area contributed by atoms with E-state index in [1.807, 2.05) is 0 Å². The molecule has 0 aromatic carbocycles. The highest BCUT2D eigenvalue weighted by Crippen LogP contribution is 2.39. The fourth-order valence-electron chi connectivity index (χ4n) is 1.53. The first kappa shape index (κ1) is 12.0. The van der Waals surface area contributed by atoms with E-state index in [2.05, 4.69) is 44.8 Å². The number of halogens is 2. The molecule has 2 nitrogen and oxygen atoms in total. The van der Waals surface area contributed by atoms with E-state index in [1.54, 1.807) is 11.3 Å². The lowest BCUT2D eigenvalue weighted by Crippen LogP contribution is -2.31. The van der Waals surface area contributed by atoms with Crippen molar-refractivity contribution in [3.8, 4) is 0 Å². The van der Waals surface area contributed by atoms with E-state index >= 15 is 0 Å². The first-order valence-electron chi connectivity index (χ1n) is 4.77. The lowest BCUT2D eigenvalue weighted by molar-refractivity contribution is -0.0874. The Bertz CT molecular complexity index is 334. The van der Waals surface area contributed by atoms with Crippen molar-refractivity contribution >= 4 is 43.2 Å². The minimum absolute atomic E-state index is 0.119. The van der Waals surface area contributed by atoms with E-state index in [0.29, 0.717) is 19.8 Å². The second-order valence-electron chi connectivity index (χ2n) is 3.46. The van der Waals surface area contributed by atoms with Crippen LogP contribution in [-0.2, 0) is 9.47 Å². The maximum Gasteiger partial charge on any atom is 0.0983 e. The molecule has 0 bridgehead atoms. The van der Waals surface area contributed by atoms with E-state index in [0.717, 1.165) is 4.47 Å². The maximum absolute atomic E-state index is 5.67. The lowest BCUT2D eigenvalue weighted by atomic mass is 10.2. The van der Waals surface area contributed by atoms with Gasteiger partial charge in [0.15, 0.2) is 0 Å². The molecule has 84 valence electrons. The Morgan fingerprint density at radius 3 is 2.87 bits per heavy atom. The lowest BCUT2D eigenvalue weighted by Gasteiger charge is -2.26. The number of hydrogen-bond donors (Lipinski definition) is 0. The number of rotatable bonds is 2. The molecule has 2 atom stereocenters. The van der Waals surface area contributed by atoms with Crippen LogP contribution in [0.15, 0.2) is 10.5 Å². The number of hydrogen-bond acceptors (Lipinski definition) is 3. The molecule has 1 fully saturated rings. The molecule has 15 heavy (non-hydrogen) atoms. The summed E-state index contributed by atoms with van der Waals surface area (Å²) in [5, 5.41) is 0. The molecule has 0 amide bonds. The summed E-state index contributed by atoms with van der Waals surface area (Å²) in [4.78, 5) is 2.80. The predicted octanol–water partition coefficient (Wildman–Crippen LogP) is 3.67. The second-order valence-corrected chi connectivity index (χ2v) is 6.58. The van der Waals surface area contributed by atoms with Crippen LogP contribution in [0, 0.1) is 6.92 Å². The zero-order valence-electron chi connectivity index (χ0n) is 8.33. The molecule has 1 aliphatic heterocycles. The van der Waals surface area contributed by atoms with Crippen LogP contribution in [0.4, 0.5) is 0 Å². The Morgan fingerprint density at radius 1 is 1.53 bits per heavy atom. The minimum Gasteiger partial charge on any atom is -0.376 e. The van der Waals surface area contributed by atoms with Gasteiger partial charge >= 0.3 is 0 Å². The molecule has 0 radical (unpaired) electrons. The van der Waals surface area contributed by atoms with Crippen LogP contribution in [0.5, 0.6) is 0 Å². The third-order valence-electron chi connectivity index (χ3n) is 2.25. The van der Waals surface area contributed by atoms with Gasteiger partial charge in [0, 0.05) is 14.2 Å². The van der Waals surface area contributed by atoms with Crippen molar-refractivity contribution in [2.75, 3.05) is 19.8 Å². The van der Waals surface area contributed by atoms with Gasteiger partial charge in [0.05, 0.1) is 30.8 Å². The highest BCUT2D eigenvalue weighted by Gasteiger charge is 2.27. The van der Waals surface area contributed by atoms with Gasteiger partial charge in [0.2, 0.25) is 0 Å². The van der Waals surface area contributed by atoms with Crippen LogP contribution in [0.25, 0.3) is 0 Å². The normalized spacial score (nSPS) is 24.1. The smallest absolute Gasteiger partial charge is 0.0983 e. The topological polar surface area (TPSA) is 18.5 Å². The summed E-state index contributed by atoms with van der Waals surface area (Å²) in [5.41, 5.74) is 0. The summed E-state index contributed by atoms with van der Waals surface area (Å²) in [6.45, 7) is 4.17. The van der Waals surface area contributed by atoms with E-state index in [1.165, 1.54) is 9.75 Å². The zero-order chi connectivity index (χ0) is 10.8. The average Bonchev–Trinajstić information content (AvgIpc) is 2.58. The monoisotopic (exact) mass is 354 g/mol. The molecule has 2 unspecified atom stereocenters. The van der Waals surface area contributed by atoms with Gasteiger partial charge < -0.3 is 9.47 Å². The number of aryl methyl sites for hydroxylation is 1. The highest BCUT2D eigenvalue weighted by atomic mass is 79.9. The van der Waals surface area contributed by atoms with E-state index < -0.39 is 0 Å². The summed E-state index contributed by atoms with van der Waals surface area (Å²) in [6, 6.07) is 2.14. The molecular formula is C10H12Br2O2S. The molecule has 1 saturated heterocycles. The third-order valence-corrected chi connectivity index (χ3v) is 5.66. The molecule has 1 aliphatic rings. The van der Waals surface area contributed by atoms with Gasteiger partial charge in [-0.3, -0.25) is 0 Å². The average molecular weight is 356 g/mol. The van der Waals surface area contributed by atoms with Gasteiger partial charge in [0.1, 0.15) is 0 Å².